The highest BCUT2D eigenvalue weighted by molar-refractivity contribution is 5.90. The number of aliphatic carboxylic acids is 2. The molecule has 1 rings (SSSR count). The second-order valence-electron chi connectivity index (χ2n) is 8.06. The van der Waals surface area contributed by atoms with Crippen LogP contribution in [0.1, 0.15) is 90.9 Å². The molecule has 0 fully saturated rings. The van der Waals surface area contributed by atoms with Crippen LogP contribution in [0.2, 0.25) is 0 Å². The summed E-state index contributed by atoms with van der Waals surface area (Å²) in [7, 11) is 0. The number of aliphatic hydroxyl groups excluding tert-OH is 2. The summed E-state index contributed by atoms with van der Waals surface area (Å²) in [5.41, 5.74) is -0.949. The average molecular weight is 413 g/mol. The van der Waals surface area contributed by atoms with E-state index < -0.39 is 23.5 Å². The standard InChI is InChI=1S/C14H30O2.C9H10O4/c1-2-3-4-5-6-7-8-9-10-11-12-14(16)13-15;1-9(8(12)13)4-2-3-6(5-9)7(10)11/h14-16H,2-13H2,1H3;2-4H,5H2,1H3,(H,10,11)(H,12,13). The first-order valence-electron chi connectivity index (χ1n) is 10.9. The summed E-state index contributed by atoms with van der Waals surface area (Å²) < 4.78 is 0. The van der Waals surface area contributed by atoms with Crippen LogP contribution in [0.25, 0.3) is 0 Å². The Morgan fingerprint density at radius 1 is 1.00 bits per heavy atom. The maximum absolute atomic E-state index is 10.8. The van der Waals surface area contributed by atoms with Gasteiger partial charge in [-0.3, -0.25) is 4.79 Å². The lowest BCUT2D eigenvalue weighted by molar-refractivity contribution is -0.145. The number of carboxylic acid groups (broad SMARTS) is 2. The summed E-state index contributed by atoms with van der Waals surface area (Å²) in [6, 6.07) is 0. The Bertz CT molecular complexity index is 525. The average Bonchev–Trinajstić information content (AvgIpc) is 2.69. The first kappa shape index (κ1) is 27.3. The largest absolute Gasteiger partial charge is 0.481 e. The fraction of sp³-hybridized carbons (Fsp3) is 0.739. The summed E-state index contributed by atoms with van der Waals surface area (Å²) in [6.07, 6.45) is 17.8. The zero-order valence-corrected chi connectivity index (χ0v) is 18.1. The number of hydrogen-bond donors (Lipinski definition) is 4. The molecule has 2 atom stereocenters. The van der Waals surface area contributed by atoms with Gasteiger partial charge in [-0.1, -0.05) is 89.4 Å². The molecule has 1 aliphatic rings. The Balaban J connectivity index is 0.000000551. The SMILES string of the molecule is CC1(C(=O)O)C=CC=C(C(=O)O)C1.CCCCCCCCCCCCC(O)CO. The molecule has 29 heavy (non-hydrogen) atoms. The second kappa shape index (κ2) is 16.2. The van der Waals surface area contributed by atoms with Crippen molar-refractivity contribution in [1.29, 1.82) is 0 Å². The third-order valence-electron chi connectivity index (χ3n) is 5.18. The molecule has 0 amide bonds. The quantitative estimate of drug-likeness (QED) is 0.307. The zero-order chi connectivity index (χ0) is 22.1. The van der Waals surface area contributed by atoms with E-state index in [1.165, 1.54) is 82.9 Å². The maximum atomic E-state index is 10.8. The predicted octanol–water partition coefficient (Wildman–Crippen LogP) is 4.70. The second-order valence-corrected chi connectivity index (χ2v) is 8.06. The van der Waals surface area contributed by atoms with Crippen LogP contribution in [0.5, 0.6) is 0 Å². The summed E-state index contributed by atoms with van der Waals surface area (Å²) in [6.45, 7) is 3.67. The van der Waals surface area contributed by atoms with Gasteiger partial charge >= 0.3 is 11.9 Å². The first-order chi connectivity index (χ1) is 13.8. The van der Waals surface area contributed by atoms with Crippen LogP contribution in [-0.4, -0.2) is 45.1 Å². The van der Waals surface area contributed by atoms with Gasteiger partial charge in [0.05, 0.1) is 18.1 Å². The van der Waals surface area contributed by atoms with Crippen LogP contribution in [0.4, 0.5) is 0 Å². The van der Waals surface area contributed by atoms with Crippen molar-refractivity contribution in [2.75, 3.05) is 6.61 Å². The Labute approximate surface area is 175 Å². The summed E-state index contributed by atoms with van der Waals surface area (Å²) >= 11 is 0. The summed E-state index contributed by atoms with van der Waals surface area (Å²) in [4.78, 5) is 21.3. The molecule has 0 bridgehead atoms. The van der Waals surface area contributed by atoms with E-state index in [0.717, 1.165) is 12.8 Å². The third-order valence-corrected chi connectivity index (χ3v) is 5.18. The van der Waals surface area contributed by atoms with E-state index in [4.69, 9.17) is 20.4 Å². The predicted molar refractivity (Wildman–Crippen MR) is 115 cm³/mol. The lowest BCUT2D eigenvalue weighted by Gasteiger charge is -2.23. The van der Waals surface area contributed by atoms with E-state index in [0.29, 0.717) is 0 Å². The number of carboxylic acids is 2. The molecule has 2 unspecified atom stereocenters. The van der Waals surface area contributed by atoms with Gasteiger partial charge in [0.1, 0.15) is 0 Å². The van der Waals surface area contributed by atoms with Crippen molar-refractivity contribution >= 4 is 11.9 Å². The maximum Gasteiger partial charge on any atom is 0.331 e. The zero-order valence-electron chi connectivity index (χ0n) is 18.1. The Morgan fingerprint density at radius 3 is 1.97 bits per heavy atom. The molecule has 1 aliphatic carbocycles. The van der Waals surface area contributed by atoms with Crippen molar-refractivity contribution < 1.29 is 30.0 Å². The molecule has 6 heteroatoms. The molecule has 0 spiro atoms. The summed E-state index contributed by atoms with van der Waals surface area (Å²) in [5.74, 6) is -2.06. The van der Waals surface area contributed by atoms with Crippen molar-refractivity contribution in [2.45, 2.75) is 97.0 Å². The highest BCUT2D eigenvalue weighted by Gasteiger charge is 2.34. The third kappa shape index (κ3) is 13.2. The van der Waals surface area contributed by atoms with Crippen molar-refractivity contribution in [3.63, 3.8) is 0 Å². The van der Waals surface area contributed by atoms with Crippen LogP contribution in [-0.2, 0) is 9.59 Å². The highest BCUT2D eigenvalue weighted by atomic mass is 16.4. The fourth-order valence-corrected chi connectivity index (χ4v) is 3.14. The normalized spacial score (nSPS) is 19.1. The number of carbonyl (C=O) groups is 2. The van der Waals surface area contributed by atoms with Gasteiger partial charge in [-0.15, -0.1) is 0 Å². The number of aliphatic hydroxyl groups is 2. The first-order valence-corrected chi connectivity index (χ1v) is 10.9. The Morgan fingerprint density at radius 2 is 1.52 bits per heavy atom. The van der Waals surface area contributed by atoms with Crippen molar-refractivity contribution in [1.82, 2.24) is 0 Å². The topological polar surface area (TPSA) is 115 Å². The smallest absolute Gasteiger partial charge is 0.331 e. The van der Waals surface area contributed by atoms with Gasteiger partial charge in [0.25, 0.3) is 0 Å². The minimum Gasteiger partial charge on any atom is -0.481 e. The van der Waals surface area contributed by atoms with E-state index >= 15 is 0 Å². The van der Waals surface area contributed by atoms with Crippen LogP contribution >= 0.6 is 0 Å². The van der Waals surface area contributed by atoms with Gasteiger partial charge in [0.15, 0.2) is 0 Å². The van der Waals surface area contributed by atoms with Gasteiger partial charge in [-0.2, -0.15) is 0 Å². The Kier molecular flexibility index (Phi) is 15.2. The van der Waals surface area contributed by atoms with Crippen LogP contribution in [0.3, 0.4) is 0 Å². The van der Waals surface area contributed by atoms with Gasteiger partial charge in [0.2, 0.25) is 0 Å². The molecule has 6 nitrogen and oxygen atoms in total. The van der Waals surface area contributed by atoms with Crippen molar-refractivity contribution in [3.8, 4) is 0 Å². The molecule has 0 radical (unpaired) electrons. The molecular weight excluding hydrogens is 372 g/mol. The number of unbranched alkanes of at least 4 members (excludes halogenated alkanes) is 9. The fourth-order valence-electron chi connectivity index (χ4n) is 3.14. The summed E-state index contributed by atoms with van der Waals surface area (Å²) in [5, 5.41) is 35.2. The van der Waals surface area contributed by atoms with Crippen molar-refractivity contribution in [3.05, 3.63) is 23.8 Å². The monoisotopic (exact) mass is 412 g/mol. The van der Waals surface area contributed by atoms with Crippen LogP contribution in [0.15, 0.2) is 23.8 Å². The van der Waals surface area contributed by atoms with Gasteiger partial charge in [-0.05, 0) is 19.8 Å². The van der Waals surface area contributed by atoms with E-state index in [1.54, 1.807) is 0 Å². The van der Waals surface area contributed by atoms with Crippen LogP contribution in [0, 0.1) is 5.41 Å². The lowest BCUT2D eigenvalue weighted by Crippen LogP contribution is -2.28. The molecule has 4 N–H and O–H groups in total. The molecule has 0 aromatic rings. The van der Waals surface area contributed by atoms with E-state index in [1.807, 2.05) is 0 Å². The highest BCUT2D eigenvalue weighted by Crippen LogP contribution is 2.31. The molecule has 0 aromatic heterocycles. The molecule has 0 saturated carbocycles. The van der Waals surface area contributed by atoms with Gasteiger partial charge < -0.3 is 20.4 Å². The molecule has 0 saturated heterocycles. The molecule has 0 aromatic carbocycles. The molecule has 0 aliphatic heterocycles. The molecular formula is C23H40O6. The number of hydrogen-bond acceptors (Lipinski definition) is 4. The van der Waals surface area contributed by atoms with Gasteiger partial charge in [-0.25, -0.2) is 4.79 Å². The van der Waals surface area contributed by atoms with E-state index in [2.05, 4.69) is 6.92 Å². The molecule has 168 valence electrons. The lowest BCUT2D eigenvalue weighted by atomic mass is 9.80. The van der Waals surface area contributed by atoms with E-state index in [-0.39, 0.29) is 18.6 Å². The number of allylic oxidation sites excluding steroid dienone is 2. The van der Waals surface area contributed by atoms with Crippen LogP contribution < -0.4 is 0 Å². The van der Waals surface area contributed by atoms with Gasteiger partial charge in [0, 0.05) is 5.57 Å². The minimum absolute atomic E-state index is 0.0359. The Hall–Kier alpha value is -1.66. The van der Waals surface area contributed by atoms with E-state index in [9.17, 15) is 9.59 Å². The molecule has 0 heterocycles. The minimum atomic E-state index is -1.08. The van der Waals surface area contributed by atoms with Crippen molar-refractivity contribution in [2.24, 2.45) is 5.41 Å². The number of rotatable bonds is 14.